The predicted octanol–water partition coefficient (Wildman–Crippen LogP) is -0.303. The first-order valence-corrected chi connectivity index (χ1v) is 7.12. The van der Waals surface area contributed by atoms with Crippen molar-refractivity contribution in [2.24, 2.45) is 0 Å². The van der Waals surface area contributed by atoms with Crippen LogP contribution in [0.15, 0.2) is 35.4 Å². The van der Waals surface area contributed by atoms with Gasteiger partial charge in [0.05, 0.1) is 0 Å². The van der Waals surface area contributed by atoms with Crippen LogP contribution in [0.2, 0.25) is 0 Å². The highest BCUT2D eigenvalue weighted by molar-refractivity contribution is 5.74. The third-order valence-corrected chi connectivity index (χ3v) is 3.27. The van der Waals surface area contributed by atoms with Crippen LogP contribution in [-0.4, -0.2) is 22.4 Å². The van der Waals surface area contributed by atoms with E-state index in [1.165, 1.54) is 0 Å². The van der Waals surface area contributed by atoms with Crippen LogP contribution in [0.3, 0.4) is 0 Å². The van der Waals surface area contributed by atoms with Crippen molar-refractivity contribution in [3.05, 3.63) is 52.2 Å². The average molecular weight is 302 g/mol. The summed E-state index contributed by atoms with van der Waals surface area (Å²) in [5, 5.41) is 2.83. The molecule has 0 aliphatic rings. The van der Waals surface area contributed by atoms with Gasteiger partial charge in [-0.3, -0.25) is 14.6 Å². The van der Waals surface area contributed by atoms with E-state index in [-0.39, 0.29) is 24.0 Å². The minimum Gasteiger partial charge on any atom is -0.369 e. The van der Waals surface area contributed by atoms with Gasteiger partial charge in [0, 0.05) is 29.9 Å². The van der Waals surface area contributed by atoms with Crippen LogP contribution in [0, 0.1) is 6.92 Å². The fourth-order valence-corrected chi connectivity index (χ4v) is 2.18. The molecule has 0 bridgehead atoms. The number of amides is 1. The van der Waals surface area contributed by atoms with Gasteiger partial charge in [-0.05, 0) is 19.8 Å². The number of hydrogen-bond acceptors (Lipinski definition) is 4. The molecule has 0 aliphatic carbocycles. The van der Waals surface area contributed by atoms with Crippen LogP contribution in [-0.2, 0) is 17.8 Å². The van der Waals surface area contributed by atoms with E-state index in [2.05, 4.69) is 15.3 Å². The second kappa shape index (κ2) is 7.35. The maximum atomic E-state index is 11.8. The maximum absolute atomic E-state index is 11.8. The number of aromatic nitrogens is 3. The molecule has 2 aromatic heterocycles. The zero-order valence-electron chi connectivity index (χ0n) is 12.5. The Balaban J connectivity index is 1.78. The largest absolute Gasteiger partial charge is 0.369 e. The van der Waals surface area contributed by atoms with Crippen LogP contribution in [0.5, 0.6) is 0 Å². The highest BCUT2D eigenvalue weighted by Crippen LogP contribution is 2.02. The van der Waals surface area contributed by atoms with Crippen molar-refractivity contribution in [1.29, 1.82) is 0 Å². The van der Waals surface area contributed by atoms with Gasteiger partial charge in [-0.2, -0.15) is 4.57 Å². The molecule has 0 saturated carbocycles. The van der Waals surface area contributed by atoms with E-state index in [4.69, 9.17) is 5.73 Å². The topological polar surface area (TPSA) is 105 Å². The standard InChI is InChI=1S/C15H19N5O2/c1-11-12(14(22)19-15(16)18-11)6-5-7-17-13(21)10-20-8-3-2-4-9-20/h2-4,8-9H,5-7,10H2,1H3,(H3-,16,17,18,19,21,22)/p+1. The Morgan fingerprint density at radius 1 is 1.36 bits per heavy atom. The van der Waals surface area contributed by atoms with Crippen molar-refractivity contribution >= 4 is 11.9 Å². The lowest BCUT2D eigenvalue weighted by atomic mass is 10.1. The molecule has 22 heavy (non-hydrogen) atoms. The van der Waals surface area contributed by atoms with Gasteiger partial charge in [0.1, 0.15) is 0 Å². The van der Waals surface area contributed by atoms with Gasteiger partial charge in [0.15, 0.2) is 12.4 Å². The van der Waals surface area contributed by atoms with Crippen molar-refractivity contribution in [2.75, 3.05) is 12.3 Å². The molecule has 2 aromatic rings. The number of aryl methyl sites for hydroxylation is 1. The predicted molar refractivity (Wildman–Crippen MR) is 82.0 cm³/mol. The number of carbonyl (C=O) groups is 1. The van der Waals surface area contributed by atoms with Crippen molar-refractivity contribution in [3.63, 3.8) is 0 Å². The summed E-state index contributed by atoms with van der Waals surface area (Å²) >= 11 is 0. The Kier molecular flexibility index (Phi) is 5.24. The third-order valence-electron chi connectivity index (χ3n) is 3.27. The van der Waals surface area contributed by atoms with Gasteiger partial charge in [-0.1, -0.05) is 6.07 Å². The van der Waals surface area contributed by atoms with Gasteiger partial charge in [0.2, 0.25) is 12.5 Å². The molecule has 0 unspecified atom stereocenters. The molecule has 0 atom stereocenters. The number of rotatable bonds is 6. The fourth-order valence-electron chi connectivity index (χ4n) is 2.18. The molecule has 2 heterocycles. The van der Waals surface area contributed by atoms with Crippen molar-refractivity contribution in [1.82, 2.24) is 15.3 Å². The molecule has 7 nitrogen and oxygen atoms in total. The Morgan fingerprint density at radius 2 is 2.09 bits per heavy atom. The number of nitrogens with one attached hydrogen (secondary N) is 2. The van der Waals surface area contributed by atoms with Crippen molar-refractivity contribution in [3.8, 4) is 0 Å². The van der Waals surface area contributed by atoms with E-state index in [0.717, 1.165) is 0 Å². The van der Waals surface area contributed by atoms with E-state index >= 15 is 0 Å². The lowest BCUT2D eigenvalue weighted by Crippen LogP contribution is -2.42. The Morgan fingerprint density at radius 3 is 2.77 bits per heavy atom. The van der Waals surface area contributed by atoms with E-state index in [1.807, 2.05) is 30.6 Å². The highest BCUT2D eigenvalue weighted by Gasteiger charge is 2.09. The molecule has 0 radical (unpaired) electrons. The molecule has 1 amide bonds. The van der Waals surface area contributed by atoms with Gasteiger partial charge >= 0.3 is 0 Å². The summed E-state index contributed by atoms with van der Waals surface area (Å²) in [5.41, 5.74) is 6.50. The van der Waals surface area contributed by atoms with E-state index < -0.39 is 0 Å². The minimum atomic E-state index is -0.212. The zero-order valence-corrected chi connectivity index (χ0v) is 12.5. The lowest BCUT2D eigenvalue weighted by molar-refractivity contribution is -0.684. The Bertz CT molecular complexity index is 697. The van der Waals surface area contributed by atoms with Crippen LogP contribution >= 0.6 is 0 Å². The van der Waals surface area contributed by atoms with Crippen LogP contribution in [0.1, 0.15) is 17.7 Å². The first-order chi connectivity index (χ1) is 10.6. The monoisotopic (exact) mass is 302 g/mol. The second-order valence-electron chi connectivity index (χ2n) is 5.02. The molecule has 0 saturated heterocycles. The molecule has 0 spiro atoms. The van der Waals surface area contributed by atoms with Crippen LogP contribution < -0.4 is 21.2 Å². The summed E-state index contributed by atoms with van der Waals surface area (Å²) in [6.45, 7) is 2.55. The number of pyridine rings is 1. The number of nitrogen functional groups attached to an aromatic ring is 1. The molecule has 0 fully saturated rings. The van der Waals surface area contributed by atoms with E-state index in [9.17, 15) is 9.59 Å². The molecular weight excluding hydrogens is 282 g/mol. The van der Waals surface area contributed by atoms with Gasteiger partial charge in [-0.25, -0.2) is 4.98 Å². The molecule has 2 rings (SSSR count). The average Bonchev–Trinajstić information content (AvgIpc) is 2.46. The summed E-state index contributed by atoms with van der Waals surface area (Å²) in [5.74, 6) is 0.0664. The quantitative estimate of drug-likeness (QED) is 0.503. The Labute approximate surface area is 128 Å². The van der Waals surface area contributed by atoms with Crippen LogP contribution in [0.25, 0.3) is 0 Å². The first-order valence-electron chi connectivity index (χ1n) is 7.12. The molecule has 7 heteroatoms. The number of nitrogens with zero attached hydrogens (tertiary/aromatic N) is 2. The molecular formula is C15H20N5O2+. The number of carbonyl (C=O) groups excluding carboxylic acids is 1. The van der Waals surface area contributed by atoms with Crippen LogP contribution in [0.4, 0.5) is 5.95 Å². The summed E-state index contributed by atoms with van der Waals surface area (Å²) in [7, 11) is 0. The van der Waals surface area contributed by atoms with Gasteiger partial charge in [0.25, 0.3) is 11.5 Å². The lowest BCUT2D eigenvalue weighted by Gasteiger charge is -2.06. The number of hydrogen-bond donors (Lipinski definition) is 3. The fraction of sp³-hybridized carbons (Fsp3) is 0.333. The normalized spacial score (nSPS) is 10.4. The number of anilines is 1. The van der Waals surface area contributed by atoms with E-state index in [0.29, 0.717) is 30.6 Å². The molecule has 0 aromatic carbocycles. The molecule has 116 valence electrons. The highest BCUT2D eigenvalue weighted by atomic mass is 16.2. The Hall–Kier alpha value is -2.70. The van der Waals surface area contributed by atoms with Gasteiger partial charge < -0.3 is 11.1 Å². The molecule has 0 aliphatic heterocycles. The third kappa shape index (κ3) is 4.41. The maximum Gasteiger partial charge on any atom is 0.285 e. The SMILES string of the molecule is Cc1nc(N)[nH]c(=O)c1CCCNC(=O)C[n+]1ccccc1. The van der Waals surface area contributed by atoms with Gasteiger partial charge in [-0.15, -0.1) is 0 Å². The number of aromatic amines is 1. The summed E-state index contributed by atoms with van der Waals surface area (Å²) < 4.78 is 1.80. The van der Waals surface area contributed by atoms with E-state index in [1.54, 1.807) is 11.5 Å². The number of H-pyrrole nitrogens is 1. The second-order valence-corrected chi connectivity index (χ2v) is 5.02. The number of nitrogens with two attached hydrogens (primary N) is 1. The smallest absolute Gasteiger partial charge is 0.285 e. The molecule has 4 N–H and O–H groups in total. The minimum absolute atomic E-state index is 0.0581. The van der Waals surface area contributed by atoms with Crippen molar-refractivity contribution in [2.45, 2.75) is 26.3 Å². The summed E-state index contributed by atoms with van der Waals surface area (Å²) in [4.78, 5) is 30.1. The summed E-state index contributed by atoms with van der Waals surface area (Å²) in [6.07, 6.45) is 4.89. The first kappa shape index (κ1) is 15.7. The zero-order chi connectivity index (χ0) is 15.9. The van der Waals surface area contributed by atoms with Crippen molar-refractivity contribution < 1.29 is 9.36 Å². The summed E-state index contributed by atoms with van der Waals surface area (Å²) in [6, 6.07) is 5.64.